The molecule has 2 aromatic heterocycles. The summed E-state index contributed by atoms with van der Waals surface area (Å²) in [6.07, 6.45) is 0.590. The number of phenols is 2. The van der Waals surface area contributed by atoms with E-state index in [4.69, 9.17) is 9.47 Å². The lowest BCUT2D eigenvalue weighted by Gasteiger charge is -2.34. The summed E-state index contributed by atoms with van der Waals surface area (Å²) in [4.78, 5) is 0. The standard InChI is InChI=1S/C70H74F2N2O4/c1-40-16-22-57-49(28-40)50-29-41(2)17-23-58(50)73(57)61-34-45(69(12,13)38-67(6,7)8)32-55(65(61)75)53-36-47(71)20-26-63(53)77-44(5)78-64-27-21-48(72)37-54(64)56-33-46(70(14,15)39-68(9,10)11)35-62(66(56)76)74-59-24-18-42(3)30-51(59)52-31-43(4)19-25-60(52)74/h16-37,44,75-76H,38-39H2,1-15H3. The van der Waals surface area contributed by atoms with Crippen LogP contribution in [0, 0.1) is 50.2 Å². The van der Waals surface area contributed by atoms with Crippen molar-refractivity contribution >= 4 is 43.6 Å². The molecular weight excluding hydrogens is 971 g/mol. The molecule has 0 radical (unpaired) electrons. The van der Waals surface area contributed by atoms with Crippen molar-refractivity contribution in [2.24, 2.45) is 10.8 Å². The molecule has 8 aromatic carbocycles. The molecule has 10 rings (SSSR count). The highest BCUT2D eigenvalue weighted by Crippen LogP contribution is 2.50. The molecule has 78 heavy (non-hydrogen) atoms. The lowest BCUT2D eigenvalue weighted by atomic mass is 9.71. The molecular formula is C70H74F2N2O4. The first-order valence-corrected chi connectivity index (χ1v) is 27.3. The molecule has 0 aliphatic rings. The molecule has 0 saturated heterocycles. The van der Waals surface area contributed by atoms with E-state index in [-0.39, 0.29) is 33.8 Å². The number of aromatic nitrogens is 2. The summed E-state index contributed by atoms with van der Waals surface area (Å²) in [5.41, 5.74) is 11.8. The highest BCUT2D eigenvalue weighted by atomic mass is 19.1. The fourth-order valence-electron chi connectivity index (χ4n) is 12.7. The zero-order valence-corrected chi connectivity index (χ0v) is 48.1. The van der Waals surface area contributed by atoms with E-state index in [2.05, 4.69) is 191 Å². The van der Waals surface area contributed by atoms with Gasteiger partial charge in [0.05, 0.1) is 33.4 Å². The van der Waals surface area contributed by atoms with E-state index >= 15 is 8.78 Å². The number of phenolic OH excluding ortho intramolecular Hbond substituents is 2. The molecule has 0 atom stereocenters. The number of rotatable bonds is 12. The lowest BCUT2D eigenvalue weighted by Crippen LogP contribution is -2.25. The Morgan fingerprint density at radius 1 is 0.410 bits per heavy atom. The molecule has 0 spiro atoms. The Kier molecular flexibility index (Phi) is 13.4. The number of fused-ring (bicyclic) bond motifs is 6. The van der Waals surface area contributed by atoms with E-state index < -0.39 is 28.8 Å². The Labute approximate surface area is 458 Å². The summed E-state index contributed by atoms with van der Waals surface area (Å²) in [6, 6.07) is 42.1. The van der Waals surface area contributed by atoms with Crippen LogP contribution in [0.4, 0.5) is 8.78 Å². The highest BCUT2D eigenvalue weighted by Gasteiger charge is 2.33. The smallest absolute Gasteiger partial charge is 0.238 e. The number of hydrogen-bond acceptors (Lipinski definition) is 4. The van der Waals surface area contributed by atoms with Crippen LogP contribution in [0.25, 0.3) is 77.2 Å². The first-order chi connectivity index (χ1) is 36.6. The minimum Gasteiger partial charge on any atom is -0.505 e. The van der Waals surface area contributed by atoms with Gasteiger partial charge in [-0.05, 0) is 183 Å². The molecule has 2 N–H and O–H groups in total. The molecule has 0 unspecified atom stereocenters. The van der Waals surface area contributed by atoms with Crippen LogP contribution in [0.15, 0.2) is 133 Å². The predicted octanol–water partition coefficient (Wildman–Crippen LogP) is 19.4. The summed E-state index contributed by atoms with van der Waals surface area (Å²) in [5, 5.41) is 30.0. The largest absolute Gasteiger partial charge is 0.505 e. The minimum absolute atomic E-state index is 0.0378. The van der Waals surface area contributed by atoms with Crippen molar-refractivity contribution in [2.75, 3.05) is 0 Å². The first-order valence-electron chi connectivity index (χ1n) is 27.3. The fourth-order valence-corrected chi connectivity index (χ4v) is 12.7. The lowest BCUT2D eigenvalue weighted by molar-refractivity contribution is 0.0231. The topological polar surface area (TPSA) is 68.8 Å². The van der Waals surface area contributed by atoms with Crippen molar-refractivity contribution in [1.82, 2.24) is 9.13 Å². The van der Waals surface area contributed by atoms with E-state index in [0.717, 1.165) is 89.8 Å². The number of ether oxygens (including phenoxy) is 2. The van der Waals surface area contributed by atoms with Gasteiger partial charge in [-0.2, -0.15) is 0 Å². The predicted molar refractivity (Wildman–Crippen MR) is 320 cm³/mol. The van der Waals surface area contributed by atoms with Gasteiger partial charge in [0.25, 0.3) is 0 Å². The van der Waals surface area contributed by atoms with Gasteiger partial charge in [-0.15, -0.1) is 0 Å². The molecule has 0 amide bonds. The van der Waals surface area contributed by atoms with E-state index in [1.807, 2.05) is 12.1 Å². The quantitative estimate of drug-likeness (QED) is 0.120. The van der Waals surface area contributed by atoms with Crippen LogP contribution in [0.3, 0.4) is 0 Å². The maximum absolute atomic E-state index is 15.9. The van der Waals surface area contributed by atoms with Crippen molar-refractivity contribution in [1.29, 1.82) is 0 Å². The summed E-state index contributed by atoms with van der Waals surface area (Å²) in [7, 11) is 0. The molecule has 402 valence electrons. The second kappa shape index (κ2) is 19.4. The third kappa shape index (κ3) is 10.2. The molecule has 0 aliphatic heterocycles. The normalized spacial score (nSPS) is 12.7. The Hall–Kier alpha value is -7.58. The Balaban J connectivity index is 1.11. The molecule has 0 saturated carbocycles. The van der Waals surface area contributed by atoms with Gasteiger partial charge in [-0.25, -0.2) is 8.78 Å². The Morgan fingerprint density at radius 2 is 0.718 bits per heavy atom. The molecule has 0 fully saturated rings. The van der Waals surface area contributed by atoms with Crippen LogP contribution >= 0.6 is 0 Å². The number of halogens is 2. The van der Waals surface area contributed by atoms with Crippen molar-refractivity contribution in [3.05, 3.63) is 178 Å². The average Bonchev–Trinajstić information content (AvgIpc) is 3.99. The van der Waals surface area contributed by atoms with Crippen LogP contribution < -0.4 is 9.47 Å². The van der Waals surface area contributed by atoms with Crippen LogP contribution in [0.5, 0.6) is 23.0 Å². The number of hydrogen-bond donors (Lipinski definition) is 2. The van der Waals surface area contributed by atoms with E-state index in [9.17, 15) is 10.2 Å². The zero-order valence-electron chi connectivity index (χ0n) is 48.1. The van der Waals surface area contributed by atoms with Gasteiger partial charge in [0.2, 0.25) is 6.29 Å². The molecule has 8 heteroatoms. The van der Waals surface area contributed by atoms with Crippen molar-refractivity contribution < 1.29 is 28.5 Å². The van der Waals surface area contributed by atoms with Gasteiger partial charge < -0.3 is 28.8 Å². The van der Waals surface area contributed by atoms with Crippen molar-refractivity contribution in [3.8, 4) is 56.6 Å². The fraction of sp³-hybridized carbons (Fsp3) is 0.314. The molecule has 0 bridgehead atoms. The summed E-state index contributed by atoms with van der Waals surface area (Å²) < 4.78 is 49.5. The number of aromatic hydroxyl groups is 2. The van der Waals surface area contributed by atoms with Gasteiger partial charge in [0.15, 0.2) is 0 Å². The van der Waals surface area contributed by atoms with Crippen LogP contribution in [0.1, 0.15) is 122 Å². The summed E-state index contributed by atoms with van der Waals surface area (Å²) in [6.45, 7) is 32.2. The van der Waals surface area contributed by atoms with E-state index in [1.165, 1.54) is 24.3 Å². The zero-order chi connectivity index (χ0) is 56.1. The maximum Gasteiger partial charge on any atom is 0.238 e. The number of nitrogens with zero attached hydrogens (tertiary/aromatic N) is 2. The second-order valence-corrected chi connectivity index (χ2v) is 25.9. The molecule has 6 nitrogen and oxygen atoms in total. The number of aryl methyl sites for hydroxylation is 4. The second-order valence-electron chi connectivity index (χ2n) is 25.9. The van der Waals surface area contributed by atoms with Gasteiger partial charge in [-0.1, -0.05) is 116 Å². The van der Waals surface area contributed by atoms with Gasteiger partial charge in [0, 0.05) is 50.7 Å². The third-order valence-corrected chi connectivity index (χ3v) is 15.4. The molecule has 10 aromatic rings. The Bertz CT molecular complexity index is 3630. The van der Waals surface area contributed by atoms with Crippen LogP contribution in [0.2, 0.25) is 0 Å². The summed E-state index contributed by atoms with van der Waals surface area (Å²) >= 11 is 0. The van der Waals surface area contributed by atoms with Gasteiger partial charge in [0.1, 0.15) is 34.6 Å². The third-order valence-electron chi connectivity index (χ3n) is 15.4. The Morgan fingerprint density at radius 3 is 1.01 bits per heavy atom. The van der Waals surface area contributed by atoms with Gasteiger partial charge in [-0.3, -0.25) is 0 Å². The minimum atomic E-state index is -1.05. The highest BCUT2D eigenvalue weighted by molar-refractivity contribution is 6.11. The average molecular weight is 1050 g/mol. The SMILES string of the molecule is Cc1ccc2c(c1)c1cc(C)ccc1n2-c1cc(C(C)(C)CC(C)(C)C)cc(-c2cc(F)ccc2OC(C)Oc2ccc(F)cc2-c2cc(C(C)(C)CC(C)(C)C)cc(-n3c4ccc(C)cc4c4cc(C)ccc43)c2O)c1O. The van der Waals surface area contributed by atoms with Crippen LogP contribution in [-0.4, -0.2) is 25.6 Å². The van der Waals surface area contributed by atoms with Crippen molar-refractivity contribution in [2.45, 2.75) is 134 Å². The summed E-state index contributed by atoms with van der Waals surface area (Å²) in [5.74, 6) is -0.567. The number of benzene rings is 8. The van der Waals surface area contributed by atoms with E-state index in [0.29, 0.717) is 33.6 Å². The van der Waals surface area contributed by atoms with Crippen LogP contribution in [-0.2, 0) is 10.8 Å². The monoisotopic (exact) mass is 1040 g/mol. The van der Waals surface area contributed by atoms with E-state index in [1.54, 1.807) is 19.1 Å². The molecule has 2 heterocycles. The van der Waals surface area contributed by atoms with Gasteiger partial charge >= 0.3 is 0 Å². The maximum atomic E-state index is 15.9. The first kappa shape index (κ1) is 53.8. The molecule has 0 aliphatic carbocycles. The van der Waals surface area contributed by atoms with Crippen molar-refractivity contribution in [3.63, 3.8) is 0 Å².